The van der Waals surface area contributed by atoms with Gasteiger partial charge >= 0.3 is 0 Å². The highest BCUT2D eigenvalue weighted by Gasteiger charge is 2.20. The molecule has 3 rings (SSSR count). The van der Waals surface area contributed by atoms with E-state index in [-0.39, 0.29) is 11.9 Å². The van der Waals surface area contributed by atoms with Crippen LogP contribution in [0, 0.1) is 6.92 Å². The van der Waals surface area contributed by atoms with Crippen LogP contribution < -0.4 is 15.1 Å². The summed E-state index contributed by atoms with van der Waals surface area (Å²) in [6.07, 6.45) is 1.73. The molecule has 26 heavy (non-hydrogen) atoms. The van der Waals surface area contributed by atoms with Gasteiger partial charge in [-0.2, -0.15) is 0 Å². The predicted octanol–water partition coefficient (Wildman–Crippen LogP) is -1.66. The first-order valence-electron chi connectivity index (χ1n) is 9.44. The molecule has 1 aromatic heterocycles. The number of carbonyl (C=O) groups excluding carboxylic acids is 1. The van der Waals surface area contributed by atoms with Crippen molar-refractivity contribution in [1.82, 2.24) is 20.3 Å². The Balaban J connectivity index is 1.50. The van der Waals surface area contributed by atoms with E-state index in [0.29, 0.717) is 12.2 Å². The zero-order valence-electron chi connectivity index (χ0n) is 16.0. The van der Waals surface area contributed by atoms with Crippen LogP contribution in [-0.2, 0) is 0 Å². The van der Waals surface area contributed by atoms with Crippen molar-refractivity contribution in [1.29, 1.82) is 0 Å². The van der Waals surface area contributed by atoms with Gasteiger partial charge in [-0.05, 0) is 19.4 Å². The molecule has 0 bridgehead atoms. The zero-order chi connectivity index (χ0) is 18.5. The Labute approximate surface area is 155 Å². The van der Waals surface area contributed by atoms with Crippen LogP contribution in [0.4, 0.5) is 0 Å². The van der Waals surface area contributed by atoms with E-state index in [1.54, 1.807) is 20.7 Å². The Morgan fingerprint density at radius 3 is 2.62 bits per heavy atom. The molecule has 1 aromatic carbocycles. The maximum absolute atomic E-state index is 12.3. The van der Waals surface area contributed by atoms with Gasteiger partial charge in [0.25, 0.3) is 5.91 Å². The molecule has 1 fully saturated rings. The van der Waals surface area contributed by atoms with Crippen LogP contribution in [0.15, 0.2) is 30.5 Å². The average molecular weight is 358 g/mol. The number of hydrogen-bond donors (Lipinski definition) is 3. The number of likely N-dealkylation sites (N-methyl/N-ethyl adjacent to an activating group) is 1. The van der Waals surface area contributed by atoms with Crippen molar-refractivity contribution in [3.8, 4) is 0 Å². The molecular weight excluding hydrogens is 328 g/mol. The summed E-state index contributed by atoms with van der Waals surface area (Å²) in [5.41, 5.74) is 2.75. The average Bonchev–Trinajstić information content (AvgIpc) is 3.13. The third kappa shape index (κ3) is 4.68. The van der Waals surface area contributed by atoms with Crippen molar-refractivity contribution in [2.75, 3.05) is 46.3 Å². The molecule has 7 nitrogen and oxygen atoms in total. The van der Waals surface area contributed by atoms with E-state index >= 15 is 0 Å². The highest BCUT2D eigenvalue weighted by molar-refractivity contribution is 5.91. The van der Waals surface area contributed by atoms with Gasteiger partial charge in [0.1, 0.15) is 26.2 Å². The Morgan fingerprint density at radius 1 is 1.23 bits per heavy atom. The van der Waals surface area contributed by atoms with Crippen molar-refractivity contribution >= 4 is 5.91 Å². The molecule has 0 aliphatic carbocycles. The number of nitrogens with zero attached hydrogens (tertiary/aromatic N) is 3. The minimum absolute atomic E-state index is 0.0435. The molecule has 0 spiro atoms. The summed E-state index contributed by atoms with van der Waals surface area (Å²) in [7, 11) is 2.24. The van der Waals surface area contributed by atoms with Crippen molar-refractivity contribution in [2.45, 2.75) is 19.9 Å². The Hall–Kier alpha value is -2.25. The van der Waals surface area contributed by atoms with Gasteiger partial charge in [0.05, 0.1) is 32.4 Å². The fraction of sp³-hybridized carbons (Fsp3) is 0.526. The summed E-state index contributed by atoms with van der Waals surface area (Å²) >= 11 is 0. The van der Waals surface area contributed by atoms with Gasteiger partial charge in [0.2, 0.25) is 0 Å². The maximum atomic E-state index is 12.3. The second-order valence-corrected chi connectivity index (χ2v) is 7.38. The summed E-state index contributed by atoms with van der Waals surface area (Å²) in [6.45, 7) is 10.5. The number of aryl methyl sites for hydroxylation is 1. The normalized spacial score (nSPS) is 21.3. The lowest BCUT2D eigenvalue weighted by molar-refractivity contribution is -1.00. The molecule has 0 saturated carbocycles. The predicted molar refractivity (Wildman–Crippen MR) is 99.5 cm³/mol. The lowest BCUT2D eigenvalue weighted by Crippen LogP contribution is -3.27. The highest BCUT2D eigenvalue weighted by atomic mass is 16.2. The van der Waals surface area contributed by atoms with E-state index in [1.807, 2.05) is 0 Å². The molecule has 2 aromatic rings. The first-order valence-corrected chi connectivity index (χ1v) is 9.44. The Morgan fingerprint density at radius 2 is 1.92 bits per heavy atom. The van der Waals surface area contributed by atoms with Gasteiger partial charge in [-0.1, -0.05) is 35.0 Å². The fourth-order valence-electron chi connectivity index (χ4n) is 3.29. The Kier molecular flexibility index (Phi) is 6.00. The molecule has 2 heterocycles. The van der Waals surface area contributed by atoms with Crippen LogP contribution in [0.1, 0.15) is 34.6 Å². The molecule has 3 N–H and O–H groups in total. The molecule has 140 valence electrons. The number of piperazine rings is 1. The number of benzene rings is 1. The summed E-state index contributed by atoms with van der Waals surface area (Å²) < 4.78 is 1.74. The van der Waals surface area contributed by atoms with Crippen LogP contribution in [0.2, 0.25) is 0 Å². The summed E-state index contributed by atoms with van der Waals surface area (Å²) in [6, 6.07) is 8.38. The summed E-state index contributed by atoms with van der Waals surface area (Å²) in [4.78, 5) is 15.5. The second-order valence-electron chi connectivity index (χ2n) is 7.38. The number of hydrogen-bond acceptors (Lipinski definition) is 3. The summed E-state index contributed by atoms with van der Waals surface area (Å²) in [5.74, 6) is -0.147. The third-order valence-electron chi connectivity index (χ3n) is 5.27. The van der Waals surface area contributed by atoms with E-state index in [1.165, 1.54) is 31.7 Å². The maximum Gasteiger partial charge on any atom is 0.273 e. The van der Waals surface area contributed by atoms with Gasteiger partial charge in [0, 0.05) is 0 Å². The van der Waals surface area contributed by atoms with E-state index in [0.717, 1.165) is 12.1 Å². The first kappa shape index (κ1) is 18.5. The number of amides is 1. The van der Waals surface area contributed by atoms with Crippen molar-refractivity contribution in [2.24, 2.45) is 0 Å². The fourth-order valence-corrected chi connectivity index (χ4v) is 3.29. The second kappa shape index (κ2) is 8.42. The minimum atomic E-state index is -0.147. The van der Waals surface area contributed by atoms with Crippen molar-refractivity contribution in [3.05, 3.63) is 47.3 Å². The van der Waals surface area contributed by atoms with Gasteiger partial charge in [-0.15, -0.1) is 5.10 Å². The lowest BCUT2D eigenvalue weighted by atomic mass is 10.1. The van der Waals surface area contributed by atoms with Gasteiger partial charge in [-0.3, -0.25) is 4.79 Å². The monoisotopic (exact) mass is 358 g/mol. The van der Waals surface area contributed by atoms with Crippen LogP contribution in [0.3, 0.4) is 0 Å². The number of quaternary nitrogens is 2. The number of carbonyl (C=O) groups is 1. The first-order chi connectivity index (χ1) is 12.5. The molecule has 1 atom stereocenters. The molecule has 1 amide bonds. The standard InChI is InChI=1S/C19H28N6O/c1-15-4-6-17(7-5-15)16(2)25-14-18(21-22-25)19(26)20-8-9-24-12-10-23(3)11-13-24/h4-7,14,16H,8-13H2,1-3H3,(H,20,26)/p+2/t16-/m0/s1. The third-order valence-corrected chi connectivity index (χ3v) is 5.27. The molecule has 0 radical (unpaired) electrons. The smallest absolute Gasteiger partial charge is 0.273 e. The van der Waals surface area contributed by atoms with Gasteiger partial charge in [-0.25, -0.2) is 4.68 Å². The van der Waals surface area contributed by atoms with Crippen LogP contribution in [0.25, 0.3) is 0 Å². The van der Waals surface area contributed by atoms with Crippen LogP contribution in [0.5, 0.6) is 0 Å². The van der Waals surface area contributed by atoms with Gasteiger partial charge in [0.15, 0.2) is 5.69 Å². The molecule has 7 heteroatoms. The van der Waals surface area contributed by atoms with Crippen LogP contribution in [-0.4, -0.2) is 67.2 Å². The van der Waals surface area contributed by atoms with E-state index < -0.39 is 0 Å². The van der Waals surface area contributed by atoms with Crippen molar-refractivity contribution < 1.29 is 14.6 Å². The zero-order valence-corrected chi connectivity index (χ0v) is 16.0. The van der Waals surface area contributed by atoms with E-state index in [9.17, 15) is 4.79 Å². The number of aromatic nitrogens is 3. The SMILES string of the molecule is Cc1ccc([C@H](C)n2cc(C(=O)NCC[NH+]3CC[NH+](C)CC3)nn2)cc1. The Bertz CT molecular complexity index is 718. The highest BCUT2D eigenvalue weighted by Crippen LogP contribution is 2.17. The quantitative estimate of drug-likeness (QED) is 0.579. The molecule has 1 aliphatic rings. The minimum Gasteiger partial charge on any atom is -0.345 e. The lowest BCUT2D eigenvalue weighted by Gasteiger charge is -2.27. The van der Waals surface area contributed by atoms with E-state index in [4.69, 9.17) is 0 Å². The topological polar surface area (TPSA) is 68.7 Å². The van der Waals surface area contributed by atoms with Gasteiger partial charge < -0.3 is 15.1 Å². The molecular formula is C19H30N6O+2. The van der Waals surface area contributed by atoms with Crippen molar-refractivity contribution in [3.63, 3.8) is 0 Å². The molecule has 0 unspecified atom stereocenters. The largest absolute Gasteiger partial charge is 0.345 e. The van der Waals surface area contributed by atoms with Crippen LogP contribution >= 0.6 is 0 Å². The molecule has 1 saturated heterocycles. The summed E-state index contributed by atoms with van der Waals surface area (Å²) in [5, 5.41) is 11.2. The number of rotatable bonds is 6. The number of nitrogens with one attached hydrogen (secondary N) is 3. The molecule has 1 aliphatic heterocycles. The van der Waals surface area contributed by atoms with E-state index in [2.05, 4.69) is 60.8 Å².